The largest absolute Gasteiger partial charge is 0.471 e. The highest BCUT2D eigenvalue weighted by Gasteiger charge is 2.38. The summed E-state index contributed by atoms with van der Waals surface area (Å²) in [6.07, 6.45) is -3.84. The van der Waals surface area contributed by atoms with E-state index in [4.69, 9.17) is 4.74 Å². The molecule has 0 bridgehead atoms. The number of ether oxygens (including phenoxy) is 1. The Morgan fingerprint density at radius 2 is 1.81 bits per heavy atom. The van der Waals surface area contributed by atoms with Crippen molar-refractivity contribution in [1.82, 2.24) is 4.98 Å². The molecule has 1 N–H and O–H groups in total. The maximum absolute atomic E-state index is 12.1. The van der Waals surface area contributed by atoms with Crippen molar-refractivity contribution in [3.8, 4) is 11.6 Å². The molecule has 0 atom stereocenters. The van der Waals surface area contributed by atoms with Crippen molar-refractivity contribution in [2.24, 2.45) is 0 Å². The smallest absolute Gasteiger partial charge is 0.439 e. The van der Waals surface area contributed by atoms with Crippen LogP contribution in [0.25, 0.3) is 0 Å². The number of carbonyl (C=O) groups is 1. The Hall–Kier alpha value is -2.57. The molecular weight excluding hydrogens is 285 g/mol. The first-order valence-electron chi connectivity index (χ1n) is 5.93. The van der Waals surface area contributed by atoms with E-state index < -0.39 is 12.1 Å². The highest BCUT2D eigenvalue weighted by atomic mass is 19.4. The number of aryl methyl sites for hydroxylation is 1. The van der Waals surface area contributed by atoms with Crippen LogP contribution in [-0.4, -0.2) is 17.1 Å². The van der Waals surface area contributed by atoms with E-state index in [1.807, 2.05) is 19.1 Å². The topological polar surface area (TPSA) is 51.2 Å². The van der Waals surface area contributed by atoms with Gasteiger partial charge in [-0.3, -0.25) is 4.79 Å². The lowest BCUT2D eigenvalue weighted by Crippen LogP contribution is -2.29. The number of pyridine rings is 1. The normalized spacial score (nSPS) is 11.0. The van der Waals surface area contributed by atoms with E-state index in [2.05, 4.69) is 4.98 Å². The molecule has 2 aromatic rings. The predicted molar refractivity (Wildman–Crippen MR) is 70.2 cm³/mol. The lowest BCUT2D eigenvalue weighted by Gasteiger charge is -2.08. The fourth-order valence-electron chi connectivity index (χ4n) is 1.44. The molecule has 1 amide bonds. The minimum atomic E-state index is -4.93. The molecule has 2 rings (SSSR count). The monoisotopic (exact) mass is 296 g/mol. The van der Waals surface area contributed by atoms with Crippen LogP contribution in [0.2, 0.25) is 0 Å². The molecule has 0 spiro atoms. The van der Waals surface area contributed by atoms with Crippen LogP contribution in [0, 0.1) is 6.92 Å². The summed E-state index contributed by atoms with van der Waals surface area (Å²) in [5.74, 6) is -1.28. The van der Waals surface area contributed by atoms with Crippen LogP contribution in [0.15, 0.2) is 42.6 Å². The maximum atomic E-state index is 12.1. The van der Waals surface area contributed by atoms with Crippen molar-refractivity contribution in [1.29, 1.82) is 0 Å². The van der Waals surface area contributed by atoms with Gasteiger partial charge in [0.15, 0.2) is 0 Å². The predicted octanol–water partition coefficient (Wildman–Crippen LogP) is 3.68. The zero-order valence-electron chi connectivity index (χ0n) is 10.9. The molecule has 1 aromatic heterocycles. The molecule has 0 aliphatic carbocycles. The van der Waals surface area contributed by atoms with Crippen LogP contribution < -0.4 is 10.1 Å². The third kappa shape index (κ3) is 4.20. The fraction of sp³-hybridized carbons (Fsp3) is 0.143. The number of hydrogen-bond acceptors (Lipinski definition) is 3. The molecule has 1 heterocycles. The summed E-state index contributed by atoms with van der Waals surface area (Å²) in [7, 11) is 0. The fourth-order valence-corrected chi connectivity index (χ4v) is 1.44. The van der Waals surface area contributed by atoms with Gasteiger partial charge in [-0.15, -0.1) is 0 Å². The van der Waals surface area contributed by atoms with E-state index in [1.165, 1.54) is 12.1 Å². The van der Waals surface area contributed by atoms with Gasteiger partial charge in [-0.1, -0.05) is 17.7 Å². The van der Waals surface area contributed by atoms with Gasteiger partial charge in [-0.2, -0.15) is 13.2 Å². The van der Waals surface area contributed by atoms with E-state index in [0.717, 1.165) is 11.8 Å². The number of nitrogens with zero attached hydrogens (tertiary/aromatic N) is 1. The van der Waals surface area contributed by atoms with E-state index in [-0.39, 0.29) is 11.6 Å². The van der Waals surface area contributed by atoms with Gasteiger partial charge in [0.1, 0.15) is 5.75 Å². The average Bonchev–Trinajstić information content (AvgIpc) is 2.42. The Kier molecular flexibility index (Phi) is 4.11. The van der Waals surface area contributed by atoms with Gasteiger partial charge in [0, 0.05) is 6.07 Å². The molecule has 0 fully saturated rings. The van der Waals surface area contributed by atoms with Gasteiger partial charge < -0.3 is 10.1 Å². The van der Waals surface area contributed by atoms with Crippen LogP contribution in [0.1, 0.15) is 5.56 Å². The summed E-state index contributed by atoms with van der Waals surface area (Å²) in [5, 5.41) is 1.70. The number of hydrogen-bond donors (Lipinski definition) is 1. The number of nitrogens with one attached hydrogen (secondary N) is 1. The van der Waals surface area contributed by atoms with Crippen LogP contribution in [0.4, 0.5) is 18.9 Å². The van der Waals surface area contributed by atoms with Gasteiger partial charge in [-0.25, -0.2) is 4.98 Å². The number of anilines is 1. The minimum absolute atomic E-state index is 0.0615. The second kappa shape index (κ2) is 5.82. The number of halogens is 3. The Bertz CT molecular complexity index is 622. The van der Waals surface area contributed by atoms with Crippen molar-refractivity contribution in [2.75, 3.05) is 5.32 Å². The molecule has 0 saturated carbocycles. The van der Waals surface area contributed by atoms with Crippen LogP contribution in [-0.2, 0) is 4.79 Å². The third-order valence-electron chi connectivity index (χ3n) is 2.50. The number of carbonyl (C=O) groups excluding carboxylic acids is 1. The molecule has 110 valence electrons. The number of aromatic nitrogens is 1. The first-order valence-corrected chi connectivity index (χ1v) is 5.93. The van der Waals surface area contributed by atoms with Crippen molar-refractivity contribution in [3.05, 3.63) is 48.2 Å². The summed E-state index contributed by atoms with van der Waals surface area (Å²) >= 11 is 0. The summed E-state index contributed by atoms with van der Waals surface area (Å²) in [6.45, 7) is 1.93. The van der Waals surface area contributed by atoms with E-state index in [9.17, 15) is 18.0 Å². The molecule has 4 nitrogen and oxygen atoms in total. The highest BCUT2D eigenvalue weighted by Crippen LogP contribution is 2.22. The average molecular weight is 296 g/mol. The molecule has 7 heteroatoms. The third-order valence-corrected chi connectivity index (χ3v) is 2.50. The zero-order chi connectivity index (χ0) is 15.5. The maximum Gasteiger partial charge on any atom is 0.471 e. The van der Waals surface area contributed by atoms with Gasteiger partial charge in [0.2, 0.25) is 5.88 Å². The highest BCUT2D eigenvalue weighted by molar-refractivity contribution is 5.94. The molecule has 0 aliphatic rings. The van der Waals surface area contributed by atoms with E-state index in [0.29, 0.717) is 5.75 Å². The number of rotatable bonds is 3. The van der Waals surface area contributed by atoms with Crippen molar-refractivity contribution in [3.63, 3.8) is 0 Å². The van der Waals surface area contributed by atoms with Gasteiger partial charge in [-0.05, 0) is 25.1 Å². The summed E-state index contributed by atoms with van der Waals surface area (Å²) in [6, 6.07) is 9.85. The van der Waals surface area contributed by atoms with Crippen molar-refractivity contribution in [2.45, 2.75) is 13.1 Å². The lowest BCUT2D eigenvalue weighted by molar-refractivity contribution is -0.167. The SMILES string of the molecule is Cc1ccc(Oc2ccc(NC(=O)C(F)(F)F)cn2)cc1. The standard InChI is InChI=1S/C14H11F3N2O2/c1-9-2-5-11(6-3-9)21-12-7-4-10(8-18-12)19-13(20)14(15,16)17/h2-8H,1H3,(H,19,20). The van der Waals surface area contributed by atoms with Crippen molar-refractivity contribution >= 4 is 11.6 Å². The number of alkyl halides is 3. The lowest BCUT2D eigenvalue weighted by atomic mass is 10.2. The Labute approximate surface area is 118 Å². The van der Waals surface area contributed by atoms with Crippen LogP contribution >= 0.6 is 0 Å². The van der Waals surface area contributed by atoms with Gasteiger partial charge in [0.05, 0.1) is 11.9 Å². The van der Waals surface area contributed by atoms with E-state index in [1.54, 1.807) is 17.4 Å². The zero-order valence-corrected chi connectivity index (χ0v) is 10.9. The summed E-state index contributed by atoms with van der Waals surface area (Å²) in [5.41, 5.74) is 1.01. The summed E-state index contributed by atoms with van der Waals surface area (Å²) in [4.78, 5) is 14.6. The van der Waals surface area contributed by atoms with Gasteiger partial charge >= 0.3 is 12.1 Å². The Morgan fingerprint density at radius 1 is 1.14 bits per heavy atom. The second-order valence-electron chi connectivity index (χ2n) is 4.25. The molecule has 0 aliphatic heterocycles. The second-order valence-corrected chi connectivity index (χ2v) is 4.25. The number of amides is 1. The number of benzene rings is 1. The molecule has 0 radical (unpaired) electrons. The molecule has 21 heavy (non-hydrogen) atoms. The van der Waals surface area contributed by atoms with E-state index >= 15 is 0 Å². The quantitative estimate of drug-likeness (QED) is 0.940. The van der Waals surface area contributed by atoms with Crippen LogP contribution in [0.3, 0.4) is 0 Å². The summed E-state index contributed by atoms with van der Waals surface area (Å²) < 4.78 is 41.6. The Balaban J connectivity index is 2.02. The Morgan fingerprint density at radius 3 is 2.33 bits per heavy atom. The molecule has 1 aromatic carbocycles. The van der Waals surface area contributed by atoms with Crippen LogP contribution in [0.5, 0.6) is 11.6 Å². The molecule has 0 unspecified atom stereocenters. The minimum Gasteiger partial charge on any atom is -0.439 e. The first-order chi connectivity index (χ1) is 9.84. The van der Waals surface area contributed by atoms with Gasteiger partial charge in [0.25, 0.3) is 0 Å². The molecule has 0 saturated heterocycles. The molecular formula is C14H11F3N2O2. The first kappa shape index (κ1) is 14.8. The van der Waals surface area contributed by atoms with Crippen molar-refractivity contribution < 1.29 is 22.7 Å².